The van der Waals surface area contributed by atoms with Crippen molar-refractivity contribution in [1.82, 2.24) is 10.2 Å². The summed E-state index contributed by atoms with van der Waals surface area (Å²) in [5.41, 5.74) is 0.882. The van der Waals surface area contributed by atoms with Crippen LogP contribution >= 0.6 is 24.0 Å². The van der Waals surface area contributed by atoms with Crippen LogP contribution in [0.4, 0.5) is 8.78 Å². The second-order valence-corrected chi connectivity index (χ2v) is 6.54. The summed E-state index contributed by atoms with van der Waals surface area (Å²) in [5.74, 6) is 1.95. The van der Waals surface area contributed by atoms with Crippen molar-refractivity contribution < 1.29 is 18.3 Å². The molecule has 0 aromatic heterocycles. The lowest BCUT2D eigenvalue weighted by Gasteiger charge is -2.33. The van der Waals surface area contributed by atoms with Crippen molar-refractivity contribution in [1.29, 1.82) is 0 Å². The first kappa shape index (κ1) is 23.7. The van der Waals surface area contributed by atoms with E-state index < -0.39 is 6.61 Å². The topological polar surface area (TPSA) is 46.1 Å². The van der Waals surface area contributed by atoms with Crippen LogP contribution < -0.4 is 14.8 Å². The fourth-order valence-electron chi connectivity index (χ4n) is 3.16. The Morgan fingerprint density at radius 3 is 2.78 bits per heavy atom. The van der Waals surface area contributed by atoms with Crippen LogP contribution in [0, 0.1) is 5.92 Å². The molecule has 0 aliphatic carbocycles. The third-order valence-electron chi connectivity index (χ3n) is 4.40. The maximum atomic E-state index is 12.5. The molecule has 8 heteroatoms. The number of alkyl halides is 2. The number of benzene rings is 1. The summed E-state index contributed by atoms with van der Waals surface area (Å²) < 4.78 is 34.7. The number of ether oxygens (including phenoxy) is 2. The lowest BCUT2D eigenvalue weighted by molar-refractivity contribution is -0.0512. The highest BCUT2D eigenvalue weighted by molar-refractivity contribution is 14.0. The molecule has 1 fully saturated rings. The first-order valence-electron chi connectivity index (χ1n) is 9.18. The van der Waals surface area contributed by atoms with Crippen molar-refractivity contribution in [3.05, 3.63) is 23.8 Å². The maximum absolute atomic E-state index is 12.5. The molecule has 1 unspecified atom stereocenters. The van der Waals surface area contributed by atoms with E-state index in [-0.39, 0.29) is 29.7 Å². The molecule has 1 aromatic rings. The minimum atomic E-state index is -2.88. The summed E-state index contributed by atoms with van der Waals surface area (Å²) in [4.78, 5) is 7.01. The second kappa shape index (κ2) is 12.2. The molecule has 1 aliphatic heterocycles. The molecule has 1 N–H and O–H groups in total. The number of aliphatic imine (C=N–C) groups is 1. The van der Waals surface area contributed by atoms with E-state index in [2.05, 4.69) is 28.8 Å². The van der Waals surface area contributed by atoms with Gasteiger partial charge in [-0.3, -0.25) is 4.99 Å². The Balaban J connectivity index is 0.00000364. The quantitative estimate of drug-likeness (QED) is 0.349. The zero-order valence-electron chi connectivity index (χ0n) is 16.2. The molecule has 0 bridgehead atoms. The standard InChI is InChI=1S/C19H29F2N3O2.HI/c1-4-22-19(24-11-5-6-14(2)13-24)23-10-9-15-7-8-16(25-3)17(12-15)26-18(20)21;/h7-8,12,14,18H,4-6,9-11,13H2,1-3H3,(H,22,23);1H. The molecule has 1 atom stereocenters. The second-order valence-electron chi connectivity index (χ2n) is 6.54. The van der Waals surface area contributed by atoms with Gasteiger partial charge < -0.3 is 19.7 Å². The molecule has 0 spiro atoms. The molecule has 0 saturated carbocycles. The van der Waals surface area contributed by atoms with Crippen molar-refractivity contribution in [3.63, 3.8) is 0 Å². The summed E-state index contributed by atoms with van der Waals surface area (Å²) in [6.07, 6.45) is 3.08. The van der Waals surface area contributed by atoms with Gasteiger partial charge in [-0.15, -0.1) is 24.0 Å². The molecule has 1 aromatic carbocycles. The molecular weight excluding hydrogens is 467 g/mol. The van der Waals surface area contributed by atoms with Crippen molar-refractivity contribution in [2.24, 2.45) is 10.9 Å². The summed E-state index contributed by atoms with van der Waals surface area (Å²) in [5, 5.41) is 3.35. The molecule has 1 heterocycles. The molecule has 0 radical (unpaired) electrons. The van der Waals surface area contributed by atoms with E-state index in [1.54, 1.807) is 12.1 Å². The number of halogens is 3. The number of guanidine groups is 1. The van der Waals surface area contributed by atoms with Gasteiger partial charge in [-0.05, 0) is 49.8 Å². The fourth-order valence-corrected chi connectivity index (χ4v) is 3.16. The number of likely N-dealkylation sites (tertiary alicyclic amines) is 1. The van der Waals surface area contributed by atoms with Crippen LogP contribution in [0.1, 0.15) is 32.3 Å². The normalized spacial score (nSPS) is 17.5. The van der Waals surface area contributed by atoms with Crippen LogP contribution in [0.2, 0.25) is 0 Å². The summed E-state index contributed by atoms with van der Waals surface area (Å²) >= 11 is 0. The Hall–Kier alpha value is -1.32. The first-order chi connectivity index (χ1) is 12.5. The lowest BCUT2D eigenvalue weighted by Crippen LogP contribution is -2.46. The van der Waals surface area contributed by atoms with Gasteiger partial charge in [-0.1, -0.05) is 13.0 Å². The van der Waals surface area contributed by atoms with Gasteiger partial charge in [0.2, 0.25) is 0 Å². The number of nitrogens with one attached hydrogen (secondary N) is 1. The smallest absolute Gasteiger partial charge is 0.387 e. The van der Waals surface area contributed by atoms with Gasteiger partial charge in [0.1, 0.15) is 0 Å². The van der Waals surface area contributed by atoms with E-state index >= 15 is 0 Å². The van der Waals surface area contributed by atoms with E-state index in [1.807, 2.05) is 6.07 Å². The number of hydrogen-bond acceptors (Lipinski definition) is 3. The van der Waals surface area contributed by atoms with Gasteiger partial charge in [0.25, 0.3) is 0 Å². The maximum Gasteiger partial charge on any atom is 0.387 e. The van der Waals surface area contributed by atoms with Crippen LogP contribution in [0.15, 0.2) is 23.2 Å². The number of piperidine rings is 1. The van der Waals surface area contributed by atoms with E-state index in [9.17, 15) is 8.78 Å². The van der Waals surface area contributed by atoms with Gasteiger partial charge in [-0.25, -0.2) is 0 Å². The molecule has 154 valence electrons. The number of rotatable bonds is 7. The Labute approximate surface area is 177 Å². The van der Waals surface area contributed by atoms with Crippen molar-refractivity contribution in [2.75, 3.05) is 33.3 Å². The van der Waals surface area contributed by atoms with E-state index in [1.165, 1.54) is 20.0 Å². The summed E-state index contributed by atoms with van der Waals surface area (Å²) in [6.45, 7) is 4.87. The molecule has 2 rings (SSSR count). The average Bonchev–Trinajstić information content (AvgIpc) is 2.61. The highest BCUT2D eigenvalue weighted by Crippen LogP contribution is 2.29. The number of hydrogen-bond donors (Lipinski definition) is 1. The summed E-state index contributed by atoms with van der Waals surface area (Å²) in [7, 11) is 1.43. The molecule has 5 nitrogen and oxygen atoms in total. The largest absolute Gasteiger partial charge is 0.493 e. The summed E-state index contributed by atoms with van der Waals surface area (Å²) in [6, 6.07) is 5.09. The molecule has 1 saturated heterocycles. The first-order valence-corrected chi connectivity index (χ1v) is 9.18. The molecule has 27 heavy (non-hydrogen) atoms. The minimum absolute atomic E-state index is 0. The predicted octanol–water partition coefficient (Wildman–Crippen LogP) is 4.15. The van der Waals surface area contributed by atoms with Crippen LogP contribution in [-0.4, -0.2) is 50.8 Å². The minimum Gasteiger partial charge on any atom is -0.493 e. The van der Waals surface area contributed by atoms with E-state index in [0.717, 1.165) is 31.2 Å². The Morgan fingerprint density at radius 1 is 1.37 bits per heavy atom. The SMILES string of the molecule is CCNC(=NCCc1ccc(OC)c(OC(F)F)c1)N1CCCC(C)C1.I. The van der Waals surface area contributed by atoms with Crippen molar-refractivity contribution >= 4 is 29.9 Å². The highest BCUT2D eigenvalue weighted by atomic mass is 127. The van der Waals surface area contributed by atoms with Gasteiger partial charge in [0, 0.05) is 26.2 Å². The highest BCUT2D eigenvalue weighted by Gasteiger charge is 2.19. The van der Waals surface area contributed by atoms with Gasteiger partial charge in [0.15, 0.2) is 17.5 Å². The number of methoxy groups -OCH3 is 1. The van der Waals surface area contributed by atoms with Crippen LogP contribution in [0.5, 0.6) is 11.5 Å². The third kappa shape index (κ3) is 7.67. The Morgan fingerprint density at radius 2 is 2.15 bits per heavy atom. The third-order valence-corrected chi connectivity index (χ3v) is 4.40. The number of nitrogens with zero attached hydrogens (tertiary/aromatic N) is 2. The van der Waals surface area contributed by atoms with Crippen LogP contribution in [-0.2, 0) is 6.42 Å². The zero-order chi connectivity index (χ0) is 18.9. The zero-order valence-corrected chi connectivity index (χ0v) is 18.5. The van der Waals surface area contributed by atoms with Gasteiger partial charge in [0.05, 0.1) is 7.11 Å². The van der Waals surface area contributed by atoms with Gasteiger partial charge >= 0.3 is 6.61 Å². The molecular formula is C19H30F2IN3O2. The fraction of sp³-hybridized carbons (Fsp3) is 0.632. The van der Waals surface area contributed by atoms with Crippen LogP contribution in [0.25, 0.3) is 0 Å². The Bertz CT molecular complexity index is 602. The van der Waals surface area contributed by atoms with Crippen molar-refractivity contribution in [3.8, 4) is 11.5 Å². The molecule has 1 aliphatic rings. The average molecular weight is 497 g/mol. The predicted molar refractivity (Wildman–Crippen MR) is 115 cm³/mol. The van der Waals surface area contributed by atoms with Crippen LogP contribution in [0.3, 0.4) is 0 Å². The van der Waals surface area contributed by atoms with Crippen molar-refractivity contribution in [2.45, 2.75) is 39.7 Å². The van der Waals surface area contributed by atoms with E-state index in [4.69, 9.17) is 9.73 Å². The Kier molecular flexibility index (Phi) is 10.7. The monoisotopic (exact) mass is 497 g/mol. The van der Waals surface area contributed by atoms with Gasteiger partial charge in [-0.2, -0.15) is 8.78 Å². The molecule has 0 amide bonds. The lowest BCUT2D eigenvalue weighted by atomic mass is 10.0. The van der Waals surface area contributed by atoms with E-state index in [0.29, 0.717) is 24.6 Å².